The second-order valence-corrected chi connectivity index (χ2v) is 5.07. The van der Waals surface area contributed by atoms with Crippen molar-refractivity contribution < 1.29 is 9.90 Å². The summed E-state index contributed by atoms with van der Waals surface area (Å²) in [4.78, 5) is 23.7. The summed E-state index contributed by atoms with van der Waals surface area (Å²) in [5.74, 6) is -0.182. The van der Waals surface area contributed by atoms with Gasteiger partial charge in [0.15, 0.2) is 5.43 Å². The molecule has 21 heavy (non-hydrogen) atoms. The molecule has 112 valence electrons. The van der Waals surface area contributed by atoms with Crippen molar-refractivity contribution in [3.8, 4) is 0 Å². The fraction of sp³-hybridized carbons (Fsp3) is 0.375. The molecular formula is C16H20N2O3. The molecule has 0 spiro atoms. The highest BCUT2D eigenvalue weighted by atomic mass is 16.3. The summed E-state index contributed by atoms with van der Waals surface area (Å²) in [6, 6.07) is 8.66. The number of carbonyl (C=O) groups is 1. The van der Waals surface area contributed by atoms with Crippen molar-refractivity contribution >= 4 is 16.8 Å². The number of aliphatic hydroxyl groups excluding tert-OH is 1. The zero-order valence-corrected chi connectivity index (χ0v) is 12.1. The monoisotopic (exact) mass is 288 g/mol. The maximum absolute atomic E-state index is 11.9. The normalized spacial score (nSPS) is 12.3. The minimum absolute atomic E-state index is 0.0550. The quantitative estimate of drug-likeness (QED) is 0.841. The average molecular weight is 288 g/mol. The van der Waals surface area contributed by atoms with Crippen LogP contribution in [0.5, 0.6) is 0 Å². The van der Waals surface area contributed by atoms with Crippen LogP contribution in [0.3, 0.4) is 0 Å². The van der Waals surface area contributed by atoms with Crippen molar-refractivity contribution in [1.29, 1.82) is 0 Å². The highest BCUT2D eigenvalue weighted by molar-refractivity contribution is 5.82. The lowest BCUT2D eigenvalue weighted by Crippen LogP contribution is -2.34. The van der Waals surface area contributed by atoms with Crippen LogP contribution in [0.4, 0.5) is 0 Å². The minimum atomic E-state index is -0.510. The van der Waals surface area contributed by atoms with Crippen LogP contribution >= 0.6 is 0 Å². The number of pyridine rings is 1. The Kier molecular flexibility index (Phi) is 5.11. The Morgan fingerprint density at radius 1 is 1.33 bits per heavy atom. The molecule has 5 heteroatoms. The number of amides is 1. The summed E-state index contributed by atoms with van der Waals surface area (Å²) in [6.45, 7) is 2.36. The average Bonchev–Trinajstić information content (AvgIpc) is 2.49. The zero-order valence-electron chi connectivity index (χ0n) is 12.1. The van der Waals surface area contributed by atoms with E-state index < -0.39 is 6.10 Å². The van der Waals surface area contributed by atoms with E-state index in [1.807, 2.05) is 19.1 Å². The first-order valence-corrected chi connectivity index (χ1v) is 7.14. The molecule has 1 unspecified atom stereocenters. The Balaban J connectivity index is 2.08. The maximum Gasteiger partial charge on any atom is 0.240 e. The molecule has 1 amide bonds. The van der Waals surface area contributed by atoms with E-state index >= 15 is 0 Å². The first-order valence-electron chi connectivity index (χ1n) is 7.14. The van der Waals surface area contributed by atoms with Gasteiger partial charge in [0.05, 0.1) is 11.6 Å². The number of nitrogens with one attached hydrogen (secondary N) is 1. The Morgan fingerprint density at radius 2 is 2.10 bits per heavy atom. The van der Waals surface area contributed by atoms with Gasteiger partial charge >= 0.3 is 0 Å². The fourth-order valence-electron chi connectivity index (χ4n) is 2.28. The maximum atomic E-state index is 11.9. The minimum Gasteiger partial charge on any atom is -0.391 e. The Labute approximate surface area is 123 Å². The van der Waals surface area contributed by atoms with E-state index in [4.69, 9.17) is 0 Å². The molecule has 1 heterocycles. The van der Waals surface area contributed by atoms with E-state index in [1.54, 1.807) is 22.9 Å². The zero-order chi connectivity index (χ0) is 15.2. The fourth-order valence-corrected chi connectivity index (χ4v) is 2.28. The highest BCUT2D eigenvalue weighted by Crippen LogP contribution is 2.09. The molecule has 2 N–H and O–H groups in total. The van der Waals surface area contributed by atoms with Crippen LogP contribution < -0.4 is 10.7 Å². The van der Waals surface area contributed by atoms with Crippen LogP contribution in [0.15, 0.2) is 41.3 Å². The van der Waals surface area contributed by atoms with Gasteiger partial charge in [0.25, 0.3) is 0 Å². The smallest absolute Gasteiger partial charge is 0.240 e. The number of carbonyl (C=O) groups excluding carboxylic acids is 1. The molecule has 0 aliphatic heterocycles. The van der Waals surface area contributed by atoms with Crippen molar-refractivity contribution in [3.63, 3.8) is 0 Å². The number of fused-ring (bicyclic) bond motifs is 1. The van der Waals surface area contributed by atoms with Crippen molar-refractivity contribution in [1.82, 2.24) is 9.88 Å². The van der Waals surface area contributed by atoms with Crippen molar-refractivity contribution in [2.45, 2.75) is 32.4 Å². The lowest BCUT2D eigenvalue weighted by atomic mass is 10.2. The van der Waals surface area contributed by atoms with E-state index in [2.05, 4.69) is 5.32 Å². The van der Waals surface area contributed by atoms with Gasteiger partial charge in [-0.15, -0.1) is 0 Å². The van der Waals surface area contributed by atoms with Gasteiger partial charge in [-0.25, -0.2) is 0 Å². The van der Waals surface area contributed by atoms with E-state index in [1.165, 1.54) is 6.07 Å². The molecule has 1 aromatic carbocycles. The highest BCUT2D eigenvalue weighted by Gasteiger charge is 2.08. The molecule has 0 bridgehead atoms. The summed E-state index contributed by atoms with van der Waals surface area (Å²) in [5.41, 5.74) is 0.676. The van der Waals surface area contributed by atoms with Gasteiger partial charge in [0, 0.05) is 24.2 Å². The van der Waals surface area contributed by atoms with E-state index in [-0.39, 0.29) is 24.4 Å². The number of nitrogens with zero attached hydrogens (tertiary/aromatic N) is 1. The number of hydrogen-bond donors (Lipinski definition) is 2. The number of hydrogen-bond acceptors (Lipinski definition) is 3. The Bertz CT molecular complexity index is 679. The molecule has 0 fully saturated rings. The van der Waals surface area contributed by atoms with Crippen molar-refractivity contribution in [2.75, 3.05) is 6.54 Å². The van der Waals surface area contributed by atoms with Crippen LogP contribution in [0.2, 0.25) is 0 Å². The molecule has 0 saturated carbocycles. The van der Waals surface area contributed by atoms with Crippen LogP contribution in [-0.2, 0) is 11.3 Å². The summed E-state index contributed by atoms with van der Waals surface area (Å²) in [7, 11) is 0. The molecule has 1 aromatic heterocycles. The largest absolute Gasteiger partial charge is 0.391 e. The van der Waals surface area contributed by atoms with E-state index in [9.17, 15) is 14.7 Å². The van der Waals surface area contributed by atoms with Gasteiger partial charge in [0.1, 0.15) is 6.54 Å². The molecule has 0 saturated heterocycles. The van der Waals surface area contributed by atoms with Crippen molar-refractivity contribution in [2.24, 2.45) is 0 Å². The second-order valence-electron chi connectivity index (χ2n) is 5.07. The molecule has 1 atom stereocenters. The lowest BCUT2D eigenvalue weighted by Gasteiger charge is -2.13. The predicted molar refractivity (Wildman–Crippen MR) is 82.1 cm³/mol. The SMILES string of the molecule is CCCC(O)CNC(=O)Cn1ccc(=O)c2ccccc21. The Morgan fingerprint density at radius 3 is 2.86 bits per heavy atom. The molecule has 0 radical (unpaired) electrons. The lowest BCUT2D eigenvalue weighted by molar-refractivity contribution is -0.122. The summed E-state index contributed by atoms with van der Waals surface area (Å²) >= 11 is 0. The van der Waals surface area contributed by atoms with Gasteiger partial charge in [-0.05, 0) is 18.6 Å². The number of aromatic nitrogens is 1. The molecule has 2 rings (SSSR count). The first-order chi connectivity index (χ1) is 10.1. The number of para-hydroxylation sites is 1. The third-order valence-electron chi connectivity index (χ3n) is 3.36. The topological polar surface area (TPSA) is 71.3 Å². The second kappa shape index (κ2) is 7.04. The van der Waals surface area contributed by atoms with Crippen LogP contribution in [-0.4, -0.2) is 28.2 Å². The van der Waals surface area contributed by atoms with Gasteiger partial charge in [0.2, 0.25) is 5.91 Å². The van der Waals surface area contributed by atoms with Crippen LogP contribution in [0, 0.1) is 0 Å². The number of benzene rings is 1. The third kappa shape index (κ3) is 3.92. The van der Waals surface area contributed by atoms with E-state index in [0.29, 0.717) is 11.8 Å². The predicted octanol–water partition coefficient (Wildman–Crippen LogP) is 1.28. The van der Waals surface area contributed by atoms with Crippen molar-refractivity contribution in [3.05, 3.63) is 46.8 Å². The summed E-state index contributed by atoms with van der Waals surface area (Å²) in [6.07, 6.45) is 2.65. The molecular weight excluding hydrogens is 268 g/mol. The van der Waals surface area contributed by atoms with Crippen LogP contribution in [0.25, 0.3) is 10.9 Å². The van der Waals surface area contributed by atoms with Gasteiger partial charge in [-0.2, -0.15) is 0 Å². The van der Waals surface area contributed by atoms with Gasteiger partial charge < -0.3 is 15.0 Å². The molecule has 5 nitrogen and oxygen atoms in total. The van der Waals surface area contributed by atoms with Gasteiger partial charge in [-0.1, -0.05) is 25.5 Å². The van der Waals surface area contributed by atoms with Gasteiger partial charge in [-0.3, -0.25) is 9.59 Å². The van der Waals surface area contributed by atoms with E-state index in [0.717, 1.165) is 11.9 Å². The molecule has 0 aliphatic carbocycles. The van der Waals surface area contributed by atoms with Crippen LogP contribution in [0.1, 0.15) is 19.8 Å². The first kappa shape index (κ1) is 15.3. The molecule has 0 aliphatic rings. The standard InChI is InChI=1S/C16H20N2O3/c1-2-5-12(19)10-17-16(21)11-18-9-8-15(20)13-6-3-4-7-14(13)18/h3-4,6-9,12,19H,2,5,10-11H2,1H3,(H,17,21). The molecule has 2 aromatic rings. The number of rotatable bonds is 6. The number of aliphatic hydroxyl groups is 1. The Hall–Kier alpha value is -2.14. The summed E-state index contributed by atoms with van der Waals surface area (Å²) in [5, 5.41) is 12.9. The summed E-state index contributed by atoms with van der Waals surface area (Å²) < 4.78 is 1.73. The third-order valence-corrected chi connectivity index (χ3v) is 3.36.